The summed E-state index contributed by atoms with van der Waals surface area (Å²) < 4.78 is 13.8. The van der Waals surface area contributed by atoms with Crippen LogP contribution in [0.3, 0.4) is 0 Å². The normalized spacial score (nSPS) is 24.1. The molecule has 0 radical (unpaired) electrons. The predicted octanol–water partition coefficient (Wildman–Crippen LogP) is 2.15. The van der Waals surface area contributed by atoms with Crippen LogP contribution >= 0.6 is 15.9 Å². The van der Waals surface area contributed by atoms with Crippen LogP contribution in [-0.4, -0.2) is 29.4 Å². The van der Waals surface area contributed by atoms with E-state index >= 15 is 0 Å². The zero-order valence-electron chi connectivity index (χ0n) is 9.49. The Balaban J connectivity index is 2.28. The molecule has 2 N–H and O–H groups in total. The molecule has 0 spiro atoms. The largest absolute Gasteiger partial charge is 0.334 e. The van der Waals surface area contributed by atoms with E-state index in [1.54, 1.807) is 11.0 Å². The quantitative estimate of drug-likeness (QED) is 0.864. The molecule has 1 aliphatic rings. The second-order valence-electron chi connectivity index (χ2n) is 4.32. The van der Waals surface area contributed by atoms with Crippen molar-refractivity contribution in [3.8, 4) is 0 Å². The number of hydrogen-bond acceptors (Lipinski definition) is 2. The number of benzene rings is 1. The van der Waals surface area contributed by atoms with E-state index in [1.165, 1.54) is 12.1 Å². The minimum Gasteiger partial charge on any atom is -0.334 e. The number of hydrogen-bond donors (Lipinski definition) is 1. The lowest BCUT2D eigenvalue weighted by molar-refractivity contribution is 0.0741. The van der Waals surface area contributed by atoms with Gasteiger partial charge in [-0.05, 0) is 47.5 Å². The van der Waals surface area contributed by atoms with Crippen molar-refractivity contribution in [2.75, 3.05) is 6.54 Å². The van der Waals surface area contributed by atoms with Gasteiger partial charge in [0.15, 0.2) is 0 Å². The third-order valence-corrected chi connectivity index (χ3v) is 3.93. The first-order valence-corrected chi connectivity index (χ1v) is 6.31. The van der Waals surface area contributed by atoms with Crippen molar-refractivity contribution in [1.29, 1.82) is 0 Å². The molecule has 2 atom stereocenters. The van der Waals surface area contributed by atoms with Gasteiger partial charge in [-0.3, -0.25) is 4.79 Å². The van der Waals surface area contributed by atoms with E-state index in [9.17, 15) is 9.18 Å². The van der Waals surface area contributed by atoms with Gasteiger partial charge in [-0.15, -0.1) is 0 Å². The zero-order valence-corrected chi connectivity index (χ0v) is 11.1. The van der Waals surface area contributed by atoms with Crippen molar-refractivity contribution in [1.82, 2.24) is 4.90 Å². The molecule has 0 bridgehead atoms. The molecule has 0 aliphatic carbocycles. The van der Waals surface area contributed by atoms with Gasteiger partial charge in [0.05, 0.1) is 5.56 Å². The molecule has 2 rings (SSSR count). The topological polar surface area (TPSA) is 46.3 Å². The Labute approximate surface area is 108 Å². The highest BCUT2D eigenvalue weighted by atomic mass is 79.9. The fourth-order valence-corrected chi connectivity index (χ4v) is 2.48. The number of carbonyl (C=O) groups excluding carboxylic acids is 1. The highest BCUT2D eigenvalue weighted by Crippen LogP contribution is 2.24. The van der Waals surface area contributed by atoms with Crippen molar-refractivity contribution in [2.24, 2.45) is 5.73 Å². The number of nitrogens with two attached hydrogens (primary N) is 1. The van der Waals surface area contributed by atoms with E-state index in [2.05, 4.69) is 15.9 Å². The van der Waals surface area contributed by atoms with E-state index < -0.39 is 5.82 Å². The Bertz CT molecular complexity index is 452. The summed E-state index contributed by atoms with van der Waals surface area (Å²) in [4.78, 5) is 13.9. The maximum Gasteiger partial charge on any atom is 0.255 e. The number of nitrogens with zero attached hydrogens (tertiary/aromatic N) is 1. The molecule has 0 saturated carbocycles. The van der Waals surface area contributed by atoms with E-state index in [0.29, 0.717) is 16.6 Å². The van der Waals surface area contributed by atoms with Crippen LogP contribution in [0.25, 0.3) is 0 Å². The molecule has 5 heteroatoms. The standard InChI is InChI=1S/C12H14BrFN2O/c1-7-11(15)4-5-16(7)12(17)9-6-8(14)2-3-10(9)13/h2-3,6-7,11H,4-5,15H2,1H3. The van der Waals surface area contributed by atoms with E-state index in [4.69, 9.17) is 5.73 Å². The van der Waals surface area contributed by atoms with Crippen molar-refractivity contribution in [3.05, 3.63) is 34.1 Å². The van der Waals surface area contributed by atoms with Crippen molar-refractivity contribution >= 4 is 21.8 Å². The smallest absolute Gasteiger partial charge is 0.255 e. The Morgan fingerprint density at radius 3 is 2.88 bits per heavy atom. The fraction of sp³-hybridized carbons (Fsp3) is 0.417. The van der Waals surface area contributed by atoms with Gasteiger partial charge in [0.25, 0.3) is 5.91 Å². The Kier molecular flexibility index (Phi) is 3.49. The van der Waals surface area contributed by atoms with Gasteiger partial charge in [0.2, 0.25) is 0 Å². The molecule has 2 unspecified atom stereocenters. The van der Waals surface area contributed by atoms with Crippen molar-refractivity contribution in [2.45, 2.75) is 25.4 Å². The first-order chi connectivity index (χ1) is 8.00. The van der Waals surface area contributed by atoms with E-state index in [1.807, 2.05) is 6.92 Å². The highest BCUT2D eigenvalue weighted by Gasteiger charge is 2.32. The summed E-state index contributed by atoms with van der Waals surface area (Å²) in [6, 6.07) is 4.12. The Morgan fingerprint density at radius 2 is 2.29 bits per heavy atom. The summed E-state index contributed by atoms with van der Waals surface area (Å²) in [6.07, 6.45) is 0.792. The molecule has 1 amide bonds. The third kappa shape index (κ3) is 2.35. The second-order valence-corrected chi connectivity index (χ2v) is 5.17. The first kappa shape index (κ1) is 12.5. The van der Waals surface area contributed by atoms with Crippen LogP contribution in [0.4, 0.5) is 4.39 Å². The minimum absolute atomic E-state index is 0.00216. The van der Waals surface area contributed by atoms with Crippen LogP contribution in [0.5, 0.6) is 0 Å². The maximum absolute atomic E-state index is 13.2. The van der Waals surface area contributed by atoms with Crippen molar-refractivity contribution in [3.63, 3.8) is 0 Å². The highest BCUT2D eigenvalue weighted by molar-refractivity contribution is 9.10. The lowest BCUT2D eigenvalue weighted by atomic mass is 10.1. The molecule has 3 nitrogen and oxygen atoms in total. The molecule has 1 aliphatic heterocycles. The fourth-order valence-electron chi connectivity index (χ4n) is 2.07. The summed E-state index contributed by atoms with van der Waals surface area (Å²) in [5.41, 5.74) is 6.23. The molecule has 17 heavy (non-hydrogen) atoms. The molecule has 92 valence electrons. The second kappa shape index (κ2) is 4.74. The van der Waals surface area contributed by atoms with Gasteiger partial charge >= 0.3 is 0 Å². The van der Waals surface area contributed by atoms with Crippen LogP contribution in [0.1, 0.15) is 23.7 Å². The summed E-state index contributed by atoms with van der Waals surface area (Å²) in [5.74, 6) is -0.579. The van der Waals surface area contributed by atoms with E-state index in [0.717, 1.165) is 6.42 Å². The first-order valence-electron chi connectivity index (χ1n) is 5.52. The molecular formula is C12H14BrFN2O. The average molecular weight is 301 g/mol. The van der Waals surface area contributed by atoms with Gasteiger partial charge in [-0.1, -0.05) is 0 Å². The van der Waals surface area contributed by atoms with Crippen LogP contribution in [0.2, 0.25) is 0 Å². The summed E-state index contributed by atoms with van der Waals surface area (Å²) in [5, 5.41) is 0. The number of likely N-dealkylation sites (tertiary alicyclic amines) is 1. The lowest BCUT2D eigenvalue weighted by Gasteiger charge is -2.23. The van der Waals surface area contributed by atoms with Crippen LogP contribution in [0, 0.1) is 5.82 Å². The number of amides is 1. The van der Waals surface area contributed by atoms with E-state index in [-0.39, 0.29) is 18.0 Å². The molecule has 1 aromatic rings. The van der Waals surface area contributed by atoms with Gasteiger partial charge in [-0.25, -0.2) is 4.39 Å². The molecular weight excluding hydrogens is 287 g/mol. The Hall–Kier alpha value is -0.940. The monoisotopic (exact) mass is 300 g/mol. The summed E-state index contributed by atoms with van der Waals surface area (Å²) in [6.45, 7) is 2.55. The molecule has 0 aromatic heterocycles. The minimum atomic E-state index is -0.410. The van der Waals surface area contributed by atoms with Crippen LogP contribution in [0.15, 0.2) is 22.7 Å². The average Bonchev–Trinajstić information content (AvgIpc) is 2.62. The van der Waals surface area contributed by atoms with Crippen LogP contribution < -0.4 is 5.73 Å². The number of halogens is 2. The van der Waals surface area contributed by atoms with Gasteiger partial charge in [0, 0.05) is 23.1 Å². The predicted molar refractivity (Wildman–Crippen MR) is 67.2 cm³/mol. The summed E-state index contributed by atoms with van der Waals surface area (Å²) >= 11 is 3.27. The van der Waals surface area contributed by atoms with Crippen LogP contribution in [-0.2, 0) is 0 Å². The van der Waals surface area contributed by atoms with Gasteiger partial charge < -0.3 is 10.6 Å². The number of carbonyl (C=O) groups is 1. The van der Waals surface area contributed by atoms with Crippen molar-refractivity contribution < 1.29 is 9.18 Å². The SMILES string of the molecule is CC1C(N)CCN1C(=O)c1cc(F)ccc1Br. The molecule has 1 fully saturated rings. The molecule has 1 heterocycles. The Morgan fingerprint density at radius 1 is 1.59 bits per heavy atom. The summed E-state index contributed by atoms with van der Waals surface area (Å²) in [7, 11) is 0. The van der Waals surface area contributed by atoms with Gasteiger partial charge in [0.1, 0.15) is 5.82 Å². The van der Waals surface area contributed by atoms with Gasteiger partial charge in [-0.2, -0.15) is 0 Å². The zero-order chi connectivity index (χ0) is 12.6. The lowest BCUT2D eigenvalue weighted by Crippen LogP contribution is -2.40. The molecule has 1 saturated heterocycles. The third-order valence-electron chi connectivity index (χ3n) is 3.23. The maximum atomic E-state index is 13.2. The molecule has 1 aromatic carbocycles. The number of rotatable bonds is 1.